The topological polar surface area (TPSA) is 90.0 Å². The first-order valence-electron chi connectivity index (χ1n) is 13.6. The molecule has 3 aliphatic heterocycles. The number of piperidine rings is 2. The van der Waals surface area contributed by atoms with Crippen LogP contribution in [0.5, 0.6) is 0 Å². The second-order valence-electron chi connectivity index (χ2n) is 11.4. The molecule has 3 unspecified atom stereocenters. The van der Waals surface area contributed by atoms with Crippen LogP contribution in [0.2, 0.25) is 0 Å². The maximum atomic E-state index is 13.8. The average Bonchev–Trinajstić information content (AvgIpc) is 2.89. The number of nitrogens with zero attached hydrogens (tertiary/aromatic N) is 2. The summed E-state index contributed by atoms with van der Waals surface area (Å²) < 4.78 is 69.6. The number of halogens is 3. The van der Waals surface area contributed by atoms with Crippen molar-refractivity contribution in [3.8, 4) is 0 Å². The van der Waals surface area contributed by atoms with Gasteiger partial charge in [0.1, 0.15) is 5.78 Å². The lowest BCUT2D eigenvalue weighted by atomic mass is 9.79. The van der Waals surface area contributed by atoms with Gasteiger partial charge in [0, 0.05) is 62.4 Å². The fraction of sp³-hybridized carbons (Fsp3) is 0.571. The van der Waals surface area contributed by atoms with E-state index < -0.39 is 27.3 Å². The van der Waals surface area contributed by atoms with Gasteiger partial charge in [-0.05, 0) is 37.0 Å². The van der Waals surface area contributed by atoms with E-state index in [2.05, 4.69) is 10.2 Å². The van der Waals surface area contributed by atoms with Crippen molar-refractivity contribution >= 4 is 32.9 Å². The van der Waals surface area contributed by atoms with Gasteiger partial charge in [-0.1, -0.05) is 55.1 Å². The van der Waals surface area contributed by atoms with Crippen LogP contribution in [0, 0.1) is 0 Å². The molecule has 3 fully saturated rings. The van der Waals surface area contributed by atoms with Crippen molar-refractivity contribution < 1.29 is 31.5 Å². The number of aliphatic hydroxyl groups is 1. The Morgan fingerprint density at radius 3 is 2.40 bits per heavy atom. The average molecular weight is 598 g/mol. The molecule has 1 aromatic carbocycles. The van der Waals surface area contributed by atoms with Crippen LogP contribution in [0.3, 0.4) is 0 Å². The summed E-state index contributed by atoms with van der Waals surface area (Å²) in [5, 5.41) is 13.7. The predicted molar refractivity (Wildman–Crippen MR) is 149 cm³/mol. The van der Waals surface area contributed by atoms with Crippen molar-refractivity contribution in [2.24, 2.45) is 0 Å². The molecule has 1 aromatic rings. The van der Waals surface area contributed by atoms with Crippen LogP contribution in [0.1, 0.15) is 56.6 Å². The van der Waals surface area contributed by atoms with Crippen LogP contribution in [0.4, 0.5) is 13.2 Å². The third kappa shape index (κ3) is 5.34. The fourth-order valence-corrected chi connectivity index (χ4v) is 8.56. The van der Waals surface area contributed by atoms with Gasteiger partial charge in [0.25, 0.3) is 0 Å². The zero-order valence-electron chi connectivity index (χ0n) is 22.3. The molecule has 3 heterocycles. The Morgan fingerprint density at radius 2 is 1.80 bits per heavy atom. The molecule has 0 saturated carbocycles. The maximum absolute atomic E-state index is 13.8. The number of piperazine rings is 1. The Hall–Kier alpha value is -1.96. The maximum Gasteiger partial charge on any atom is 0.421 e. The molecule has 0 amide bonds. The third-order valence-corrected chi connectivity index (χ3v) is 11.2. The number of carbonyl (C=O) groups is 1. The summed E-state index contributed by atoms with van der Waals surface area (Å²) >= 11 is 5.37. The second kappa shape index (κ2) is 10.7. The van der Waals surface area contributed by atoms with Gasteiger partial charge in [-0.15, -0.1) is 0 Å². The summed E-state index contributed by atoms with van der Waals surface area (Å²) in [6.07, 6.45) is 4.11. The van der Waals surface area contributed by atoms with Crippen molar-refractivity contribution in [1.29, 1.82) is 0 Å². The van der Waals surface area contributed by atoms with Crippen molar-refractivity contribution in [3.63, 3.8) is 0 Å². The molecule has 40 heavy (non-hydrogen) atoms. The van der Waals surface area contributed by atoms with E-state index in [1.165, 1.54) is 34.6 Å². The molecule has 2 N–H and O–H groups in total. The molecule has 4 aliphatic rings. The van der Waals surface area contributed by atoms with Crippen LogP contribution >= 0.6 is 12.2 Å². The number of allylic oxidation sites excluding steroid dienone is 4. The van der Waals surface area contributed by atoms with E-state index in [0.29, 0.717) is 49.7 Å². The standard InChI is InChI=1S/C28H34F3N3O4S2/c1-26(36,28(29,30)31)19-9-11-20(12-10-19)27(18-34-21-5-4-6-22(34)16-23(35)15-21)17-33(14-13-32-27)40(37,38)25-8-3-2-7-24(25)39/h2-3,8-12,21-22,32,36H,4-7,13-18H2,1H3/t21?,22?,26?,27-/m1/s1. The highest BCUT2D eigenvalue weighted by molar-refractivity contribution is 7.96. The second-order valence-corrected chi connectivity index (χ2v) is 13.8. The van der Waals surface area contributed by atoms with Crippen LogP contribution in [0.15, 0.2) is 47.4 Å². The molecule has 218 valence electrons. The van der Waals surface area contributed by atoms with Gasteiger partial charge >= 0.3 is 6.18 Å². The van der Waals surface area contributed by atoms with E-state index >= 15 is 0 Å². The minimum absolute atomic E-state index is 0.0367. The summed E-state index contributed by atoms with van der Waals surface area (Å²) in [4.78, 5) is 15.1. The normalized spacial score (nSPS) is 30.2. The molecule has 0 radical (unpaired) electrons. The van der Waals surface area contributed by atoms with Crippen molar-refractivity contribution in [1.82, 2.24) is 14.5 Å². The Morgan fingerprint density at radius 1 is 1.15 bits per heavy atom. The number of alkyl halides is 3. The SMILES string of the molecule is CC(O)(c1ccc([C@]2(CN3C4CCCC3CC(=O)C4)CN(S(=O)(=O)C3=CC=CCC3=S)CCN2)cc1)C(F)(F)F. The highest BCUT2D eigenvalue weighted by atomic mass is 32.2. The molecular formula is C28H34F3N3O4S2. The smallest absolute Gasteiger partial charge is 0.376 e. The summed E-state index contributed by atoms with van der Waals surface area (Å²) in [5.41, 5.74) is -3.68. The minimum Gasteiger partial charge on any atom is -0.376 e. The summed E-state index contributed by atoms with van der Waals surface area (Å²) in [6.45, 7) is 1.67. The number of carbonyl (C=O) groups excluding carboxylic acids is 1. The first-order valence-corrected chi connectivity index (χ1v) is 15.4. The Balaban J connectivity index is 1.54. The first-order chi connectivity index (χ1) is 18.7. The Kier molecular flexibility index (Phi) is 7.90. The Labute approximate surface area is 238 Å². The molecule has 12 heteroatoms. The number of ketones is 1. The number of rotatable bonds is 6. The molecule has 4 atom stereocenters. The highest BCUT2D eigenvalue weighted by Gasteiger charge is 2.52. The number of hydrogen-bond donors (Lipinski definition) is 2. The lowest BCUT2D eigenvalue weighted by Crippen LogP contribution is -2.66. The van der Waals surface area contributed by atoms with Crippen molar-refractivity contribution in [3.05, 3.63) is 58.5 Å². The molecule has 0 aromatic heterocycles. The van der Waals surface area contributed by atoms with Gasteiger partial charge in [0.2, 0.25) is 10.0 Å². The largest absolute Gasteiger partial charge is 0.421 e. The van der Waals surface area contributed by atoms with E-state index in [1.54, 1.807) is 12.2 Å². The van der Waals surface area contributed by atoms with E-state index in [0.717, 1.165) is 19.3 Å². The number of Topliss-reactive ketones (excluding diaryl/α,β-unsaturated/α-hetero) is 1. The van der Waals surface area contributed by atoms with Gasteiger partial charge in [-0.3, -0.25) is 9.69 Å². The number of hydrogen-bond acceptors (Lipinski definition) is 7. The number of sulfonamides is 1. The van der Waals surface area contributed by atoms with Crippen molar-refractivity contribution in [2.75, 3.05) is 26.2 Å². The molecule has 2 bridgehead atoms. The van der Waals surface area contributed by atoms with Crippen LogP contribution < -0.4 is 5.32 Å². The number of fused-ring (bicyclic) bond motifs is 2. The third-order valence-electron chi connectivity index (χ3n) is 8.79. The Bertz CT molecular complexity index is 1330. The summed E-state index contributed by atoms with van der Waals surface area (Å²) in [7, 11) is -3.93. The number of thiocarbonyl (C=S) groups is 1. The molecule has 5 rings (SSSR count). The van der Waals surface area contributed by atoms with Crippen LogP contribution in [0.25, 0.3) is 0 Å². The van der Waals surface area contributed by atoms with Crippen LogP contribution in [-0.2, 0) is 26.0 Å². The predicted octanol–water partition coefficient (Wildman–Crippen LogP) is 3.69. The first kappa shape index (κ1) is 29.5. The van der Waals surface area contributed by atoms with Gasteiger partial charge < -0.3 is 10.4 Å². The highest BCUT2D eigenvalue weighted by Crippen LogP contribution is 2.41. The minimum atomic E-state index is -4.86. The van der Waals surface area contributed by atoms with Gasteiger partial charge in [-0.2, -0.15) is 17.5 Å². The van der Waals surface area contributed by atoms with Crippen LogP contribution in [-0.4, -0.2) is 77.8 Å². The van der Waals surface area contributed by atoms with Gasteiger partial charge in [0.15, 0.2) is 5.60 Å². The number of benzene rings is 1. The van der Waals surface area contributed by atoms with Crippen molar-refractivity contribution in [2.45, 2.75) is 74.8 Å². The number of nitrogens with one attached hydrogen (secondary N) is 1. The molecule has 1 aliphatic carbocycles. The lowest BCUT2D eigenvalue weighted by Gasteiger charge is -2.52. The molecule has 3 saturated heterocycles. The quantitative estimate of drug-likeness (QED) is 0.484. The zero-order chi connectivity index (χ0) is 28.9. The monoisotopic (exact) mass is 597 g/mol. The van der Waals surface area contributed by atoms with E-state index in [-0.39, 0.29) is 41.4 Å². The molecule has 7 nitrogen and oxygen atoms in total. The van der Waals surface area contributed by atoms with Gasteiger partial charge in [0.05, 0.1) is 10.4 Å². The van der Waals surface area contributed by atoms with E-state index in [1.807, 2.05) is 0 Å². The fourth-order valence-electron chi connectivity index (χ4n) is 6.46. The summed E-state index contributed by atoms with van der Waals surface area (Å²) in [6, 6.07) is 5.66. The zero-order valence-corrected chi connectivity index (χ0v) is 23.9. The van der Waals surface area contributed by atoms with E-state index in [9.17, 15) is 31.5 Å². The molecular weight excluding hydrogens is 563 g/mol. The van der Waals surface area contributed by atoms with E-state index in [4.69, 9.17) is 12.2 Å². The lowest BCUT2D eigenvalue weighted by molar-refractivity contribution is -0.258. The summed E-state index contributed by atoms with van der Waals surface area (Å²) in [5.74, 6) is 0.227. The van der Waals surface area contributed by atoms with Gasteiger partial charge in [-0.25, -0.2) is 8.42 Å². The molecule has 0 spiro atoms.